The first-order chi connectivity index (χ1) is 7.54. The van der Waals surface area contributed by atoms with Gasteiger partial charge >= 0.3 is 0 Å². The molecule has 1 aliphatic heterocycles. The Labute approximate surface area is 102 Å². The number of piperidine rings is 1. The van der Waals surface area contributed by atoms with E-state index in [4.69, 9.17) is 0 Å². The van der Waals surface area contributed by atoms with E-state index in [2.05, 4.69) is 44.8 Å². The molecule has 1 rings (SSSR count). The van der Waals surface area contributed by atoms with Gasteiger partial charge in [0.05, 0.1) is 0 Å². The Morgan fingerprint density at radius 1 is 1.25 bits per heavy atom. The quantitative estimate of drug-likeness (QED) is 0.775. The van der Waals surface area contributed by atoms with Crippen molar-refractivity contribution in [3.63, 3.8) is 0 Å². The summed E-state index contributed by atoms with van der Waals surface area (Å²) in [6.07, 6.45) is 1.37. The van der Waals surface area contributed by atoms with E-state index in [1.54, 1.807) is 0 Å². The molecule has 96 valence electrons. The average Bonchev–Trinajstić information content (AvgIpc) is 2.22. The first-order valence-corrected chi connectivity index (χ1v) is 7.00. The molecule has 0 radical (unpaired) electrons. The zero-order valence-corrected chi connectivity index (χ0v) is 11.8. The molecule has 0 aromatic rings. The standard InChI is InChI=1S/C14H30N2/c1-6-15-14(11(2)3)10-16-8-7-12(4)13(5)9-16/h11-15H,6-10H2,1-5H3. The van der Waals surface area contributed by atoms with E-state index in [0.29, 0.717) is 6.04 Å². The van der Waals surface area contributed by atoms with Crippen molar-refractivity contribution in [3.05, 3.63) is 0 Å². The Hall–Kier alpha value is -0.0800. The Bertz CT molecular complexity index is 191. The van der Waals surface area contributed by atoms with Crippen LogP contribution in [0.1, 0.15) is 41.0 Å². The van der Waals surface area contributed by atoms with E-state index in [-0.39, 0.29) is 0 Å². The van der Waals surface area contributed by atoms with Crippen LogP contribution in [0.5, 0.6) is 0 Å². The van der Waals surface area contributed by atoms with Crippen LogP contribution >= 0.6 is 0 Å². The SMILES string of the molecule is CCNC(CN1CCC(C)C(C)C1)C(C)C. The summed E-state index contributed by atoms with van der Waals surface area (Å²) in [5, 5.41) is 3.61. The van der Waals surface area contributed by atoms with Crippen LogP contribution in [0.2, 0.25) is 0 Å². The molecule has 0 spiro atoms. The summed E-state index contributed by atoms with van der Waals surface area (Å²) < 4.78 is 0. The molecular weight excluding hydrogens is 196 g/mol. The minimum Gasteiger partial charge on any atom is -0.313 e. The van der Waals surface area contributed by atoms with Crippen LogP contribution in [0.4, 0.5) is 0 Å². The van der Waals surface area contributed by atoms with Crippen molar-refractivity contribution in [1.29, 1.82) is 0 Å². The third kappa shape index (κ3) is 4.06. The van der Waals surface area contributed by atoms with Gasteiger partial charge in [0.15, 0.2) is 0 Å². The lowest BCUT2D eigenvalue weighted by Gasteiger charge is -2.38. The second kappa shape index (κ2) is 6.61. The number of likely N-dealkylation sites (tertiary alicyclic amines) is 1. The maximum atomic E-state index is 3.61. The van der Waals surface area contributed by atoms with Gasteiger partial charge in [-0.2, -0.15) is 0 Å². The Balaban J connectivity index is 2.40. The van der Waals surface area contributed by atoms with Gasteiger partial charge in [-0.1, -0.05) is 34.6 Å². The Kier molecular flexibility index (Phi) is 5.77. The number of nitrogens with zero attached hydrogens (tertiary/aromatic N) is 1. The van der Waals surface area contributed by atoms with Crippen molar-refractivity contribution in [1.82, 2.24) is 10.2 Å². The van der Waals surface area contributed by atoms with E-state index < -0.39 is 0 Å². The molecule has 0 aromatic carbocycles. The second-order valence-electron chi connectivity index (χ2n) is 5.91. The van der Waals surface area contributed by atoms with E-state index in [0.717, 1.165) is 24.3 Å². The summed E-state index contributed by atoms with van der Waals surface area (Å²) in [5.41, 5.74) is 0. The lowest BCUT2D eigenvalue weighted by molar-refractivity contribution is 0.119. The smallest absolute Gasteiger partial charge is 0.0217 e. The molecule has 0 aromatic heterocycles. The van der Waals surface area contributed by atoms with Crippen LogP contribution in [0.25, 0.3) is 0 Å². The van der Waals surface area contributed by atoms with Gasteiger partial charge in [0.1, 0.15) is 0 Å². The average molecular weight is 226 g/mol. The van der Waals surface area contributed by atoms with Crippen LogP contribution in [0.15, 0.2) is 0 Å². The molecule has 1 saturated heterocycles. The summed E-state index contributed by atoms with van der Waals surface area (Å²) in [6, 6.07) is 0.658. The van der Waals surface area contributed by atoms with Crippen molar-refractivity contribution >= 4 is 0 Å². The molecule has 2 nitrogen and oxygen atoms in total. The monoisotopic (exact) mass is 226 g/mol. The fourth-order valence-corrected chi connectivity index (χ4v) is 2.57. The van der Waals surface area contributed by atoms with Gasteiger partial charge in [0.2, 0.25) is 0 Å². The normalized spacial score (nSPS) is 29.6. The first kappa shape index (κ1) is 14.0. The largest absolute Gasteiger partial charge is 0.313 e. The zero-order chi connectivity index (χ0) is 12.1. The van der Waals surface area contributed by atoms with Gasteiger partial charge < -0.3 is 10.2 Å². The van der Waals surface area contributed by atoms with Crippen molar-refractivity contribution in [2.75, 3.05) is 26.2 Å². The number of rotatable bonds is 5. The minimum atomic E-state index is 0.658. The maximum absolute atomic E-state index is 3.61. The molecule has 1 N–H and O–H groups in total. The molecule has 0 amide bonds. The number of nitrogens with one attached hydrogen (secondary N) is 1. The van der Waals surface area contributed by atoms with Gasteiger partial charge in [0, 0.05) is 19.1 Å². The van der Waals surface area contributed by atoms with Gasteiger partial charge in [-0.3, -0.25) is 0 Å². The highest BCUT2D eigenvalue weighted by molar-refractivity contribution is 4.80. The Morgan fingerprint density at radius 2 is 1.94 bits per heavy atom. The third-order valence-electron chi connectivity index (χ3n) is 4.14. The van der Waals surface area contributed by atoms with E-state index in [9.17, 15) is 0 Å². The number of hydrogen-bond acceptors (Lipinski definition) is 2. The van der Waals surface area contributed by atoms with Crippen LogP contribution in [0.3, 0.4) is 0 Å². The summed E-state index contributed by atoms with van der Waals surface area (Å²) in [5.74, 6) is 2.51. The van der Waals surface area contributed by atoms with Crippen LogP contribution in [-0.2, 0) is 0 Å². The molecule has 16 heavy (non-hydrogen) atoms. The molecule has 2 heteroatoms. The van der Waals surface area contributed by atoms with Crippen molar-refractivity contribution in [3.8, 4) is 0 Å². The first-order valence-electron chi connectivity index (χ1n) is 7.00. The van der Waals surface area contributed by atoms with Gasteiger partial charge in [0.25, 0.3) is 0 Å². The minimum absolute atomic E-state index is 0.658. The highest BCUT2D eigenvalue weighted by atomic mass is 15.2. The lowest BCUT2D eigenvalue weighted by Crippen LogP contribution is -2.48. The van der Waals surface area contributed by atoms with Crippen LogP contribution < -0.4 is 5.32 Å². The third-order valence-corrected chi connectivity index (χ3v) is 4.14. The molecule has 0 saturated carbocycles. The summed E-state index contributed by atoms with van der Waals surface area (Å²) in [6.45, 7) is 16.5. The van der Waals surface area contributed by atoms with Gasteiger partial charge in [-0.15, -0.1) is 0 Å². The van der Waals surface area contributed by atoms with Gasteiger partial charge in [-0.05, 0) is 37.3 Å². The summed E-state index contributed by atoms with van der Waals surface area (Å²) in [4.78, 5) is 2.65. The summed E-state index contributed by atoms with van der Waals surface area (Å²) in [7, 11) is 0. The molecule has 3 atom stereocenters. The topological polar surface area (TPSA) is 15.3 Å². The fraction of sp³-hybridized carbons (Fsp3) is 1.00. The molecule has 0 aliphatic carbocycles. The highest BCUT2D eigenvalue weighted by Crippen LogP contribution is 2.22. The second-order valence-corrected chi connectivity index (χ2v) is 5.91. The van der Waals surface area contributed by atoms with E-state index in [1.165, 1.54) is 26.1 Å². The van der Waals surface area contributed by atoms with Crippen LogP contribution in [0, 0.1) is 17.8 Å². The zero-order valence-electron chi connectivity index (χ0n) is 11.8. The maximum Gasteiger partial charge on any atom is 0.0217 e. The lowest BCUT2D eigenvalue weighted by atomic mass is 9.88. The molecule has 3 unspecified atom stereocenters. The van der Waals surface area contributed by atoms with Crippen molar-refractivity contribution < 1.29 is 0 Å². The number of hydrogen-bond donors (Lipinski definition) is 1. The highest BCUT2D eigenvalue weighted by Gasteiger charge is 2.25. The fourth-order valence-electron chi connectivity index (χ4n) is 2.57. The predicted octanol–water partition coefficient (Wildman–Crippen LogP) is 2.60. The predicted molar refractivity (Wildman–Crippen MR) is 71.7 cm³/mol. The van der Waals surface area contributed by atoms with Crippen LogP contribution in [-0.4, -0.2) is 37.1 Å². The van der Waals surface area contributed by atoms with Gasteiger partial charge in [-0.25, -0.2) is 0 Å². The molecule has 0 bridgehead atoms. The van der Waals surface area contributed by atoms with E-state index in [1.807, 2.05) is 0 Å². The van der Waals surface area contributed by atoms with Crippen molar-refractivity contribution in [2.24, 2.45) is 17.8 Å². The molecule has 1 fully saturated rings. The Morgan fingerprint density at radius 3 is 2.44 bits per heavy atom. The van der Waals surface area contributed by atoms with Crippen molar-refractivity contribution in [2.45, 2.75) is 47.1 Å². The molecule has 1 heterocycles. The number of likely N-dealkylation sites (N-methyl/N-ethyl adjacent to an activating group) is 1. The molecular formula is C14H30N2. The molecule has 1 aliphatic rings. The van der Waals surface area contributed by atoms with E-state index >= 15 is 0 Å². The summed E-state index contributed by atoms with van der Waals surface area (Å²) >= 11 is 0.